The summed E-state index contributed by atoms with van der Waals surface area (Å²) in [6.07, 6.45) is 1.80. The summed E-state index contributed by atoms with van der Waals surface area (Å²) in [6, 6.07) is 10.1. The van der Waals surface area contributed by atoms with Gasteiger partial charge in [-0.1, -0.05) is 38.5 Å². The van der Waals surface area contributed by atoms with Gasteiger partial charge in [0.25, 0.3) is 0 Å². The third-order valence-electron chi connectivity index (χ3n) is 2.42. The molecule has 15 heavy (non-hydrogen) atoms. The molecule has 0 saturated heterocycles. The summed E-state index contributed by atoms with van der Waals surface area (Å²) in [7, 11) is 0. The molecule has 0 heterocycles. The van der Waals surface area contributed by atoms with E-state index in [0.717, 1.165) is 12.8 Å². The summed E-state index contributed by atoms with van der Waals surface area (Å²) in [4.78, 5) is 12.7. The van der Waals surface area contributed by atoms with Gasteiger partial charge in [0.2, 0.25) is 0 Å². The average molecular weight is 222 g/mol. The number of Topliss-reactive ketones (excluding diaryl/α,β-unsaturated/α-hetero) is 1. The van der Waals surface area contributed by atoms with Crippen LogP contribution in [0.15, 0.2) is 35.2 Å². The third kappa shape index (κ3) is 5.03. The van der Waals surface area contributed by atoms with E-state index in [9.17, 15) is 4.79 Å². The van der Waals surface area contributed by atoms with Crippen LogP contribution in [0.25, 0.3) is 0 Å². The second-order valence-electron chi connectivity index (χ2n) is 3.86. The van der Waals surface area contributed by atoms with Crippen LogP contribution < -0.4 is 0 Å². The van der Waals surface area contributed by atoms with E-state index in [1.807, 2.05) is 30.3 Å². The van der Waals surface area contributed by atoms with Gasteiger partial charge >= 0.3 is 0 Å². The number of thioether (sulfide) groups is 1. The van der Waals surface area contributed by atoms with E-state index in [2.05, 4.69) is 13.8 Å². The molecule has 0 aromatic heterocycles. The van der Waals surface area contributed by atoms with Crippen LogP contribution in [0.1, 0.15) is 26.7 Å². The van der Waals surface area contributed by atoms with E-state index in [-0.39, 0.29) is 0 Å². The van der Waals surface area contributed by atoms with Crippen LogP contribution in [0.2, 0.25) is 0 Å². The van der Waals surface area contributed by atoms with Gasteiger partial charge in [-0.3, -0.25) is 4.79 Å². The monoisotopic (exact) mass is 222 g/mol. The number of hydrogen-bond donors (Lipinski definition) is 0. The predicted octanol–water partition coefficient (Wildman–Crippen LogP) is 3.78. The van der Waals surface area contributed by atoms with Crippen molar-refractivity contribution < 1.29 is 4.79 Å². The molecule has 0 spiro atoms. The second-order valence-corrected chi connectivity index (χ2v) is 4.91. The minimum atomic E-state index is 0.359. The average Bonchev–Trinajstić information content (AvgIpc) is 2.27. The predicted molar refractivity (Wildman–Crippen MR) is 66.2 cm³/mol. The maximum atomic E-state index is 11.6. The Morgan fingerprint density at radius 2 is 2.00 bits per heavy atom. The minimum absolute atomic E-state index is 0.359. The van der Waals surface area contributed by atoms with Crippen LogP contribution in [0, 0.1) is 5.92 Å². The molecule has 1 nitrogen and oxygen atoms in total. The number of carbonyl (C=O) groups is 1. The van der Waals surface area contributed by atoms with Gasteiger partial charge in [-0.15, -0.1) is 11.8 Å². The fourth-order valence-electron chi connectivity index (χ4n) is 1.27. The van der Waals surface area contributed by atoms with Gasteiger partial charge in [0.05, 0.1) is 5.75 Å². The standard InChI is InChI=1S/C13H18OS/c1-3-11(2)9-12(14)10-15-13-7-5-4-6-8-13/h4-8,11H,3,9-10H2,1-2H3. The molecule has 0 radical (unpaired) electrons. The first-order chi connectivity index (χ1) is 7.22. The molecule has 1 rings (SSSR count). The molecular weight excluding hydrogens is 204 g/mol. The van der Waals surface area contributed by atoms with Crippen molar-refractivity contribution in [1.82, 2.24) is 0 Å². The molecule has 0 N–H and O–H groups in total. The van der Waals surface area contributed by atoms with E-state index in [0.29, 0.717) is 17.5 Å². The molecule has 0 aliphatic rings. The zero-order chi connectivity index (χ0) is 11.1. The van der Waals surface area contributed by atoms with E-state index < -0.39 is 0 Å². The quantitative estimate of drug-likeness (QED) is 0.681. The van der Waals surface area contributed by atoms with Crippen LogP contribution in [0.3, 0.4) is 0 Å². The fourth-order valence-corrected chi connectivity index (χ4v) is 2.07. The molecule has 82 valence electrons. The first-order valence-corrected chi connectivity index (χ1v) is 6.40. The summed E-state index contributed by atoms with van der Waals surface area (Å²) in [5.41, 5.74) is 0. The highest BCUT2D eigenvalue weighted by molar-refractivity contribution is 8.00. The van der Waals surface area contributed by atoms with Gasteiger partial charge in [-0.25, -0.2) is 0 Å². The van der Waals surface area contributed by atoms with Crippen LogP contribution in [-0.4, -0.2) is 11.5 Å². The molecule has 0 bridgehead atoms. The van der Waals surface area contributed by atoms with Crippen molar-refractivity contribution in [3.63, 3.8) is 0 Å². The lowest BCUT2D eigenvalue weighted by Gasteiger charge is -2.06. The Bertz CT molecular complexity index is 295. The molecule has 0 amide bonds. The fraction of sp³-hybridized carbons (Fsp3) is 0.462. The molecule has 1 aromatic carbocycles. The molecule has 0 fully saturated rings. The lowest BCUT2D eigenvalue weighted by Crippen LogP contribution is -2.06. The Hall–Kier alpha value is -0.760. The summed E-state index contributed by atoms with van der Waals surface area (Å²) < 4.78 is 0. The van der Waals surface area contributed by atoms with Crippen LogP contribution >= 0.6 is 11.8 Å². The number of ketones is 1. The maximum absolute atomic E-state index is 11.6. The molecule has 2 heteroatoms. The van der Waals surface area contributed by atoms with Gasteiger partial charge in [0.1, 0.15) is 5.78 Å². The maximum Gasteiger partial charge on any atom is 0.143 e. The summed E-state index contributed by atoms with van der Waals surface area (Å²) in [5.74, 6) is 1.49. The third-order valence-corrected chi connectivity index (χ3v) is 3.49. The highest BCUT2D eigenvalue weighted by atomic mass is 32.2. The lowest BCUT2D eigenvalue weighted by atomic mass is 10.0. The number of hydrogen-bond acceptors (Lipinski definition) is 2. The highest BCUT2D eigenvalue weighted by Crippen LogP contribution is 2.18. The lowest BCUT2D eigenvalue weighted by molar-refractivity contribution is -0.117. The second kappa shape index (κ2) is 6.67. The van der Waals surface area contributed by atoms with Gasteiger partial charge in [0.15, 0.2) is 0 Å². The van der Waals surface area contributed by atoms with Crippen molar-refractivity contribution in [1.29, 1.82) is 0 Å². The highest BCUT2D eigenvalue weighted by Gasteiger charge is 2.07. The zero-order valence-corrected chi connectivity index (χ0v) is 10.2. The van der Waals surface area contributed by atoms with Gasteiger partial charge < -0.3 is 0 Å². The SMILES string of the molecule is CCC(C)CC(=O)CSc1ccccc1. The molecule has 0 aliphatic carbocycles. The van der Waals surface area contributed by atoms with Crippen molar-refractivity contribution in [3.05, 3.63) is 30.3 Å². The number of rotatable bonds is 6. The molecular formula is C13H18OS. The van der Waals surface area contributed by atoms with Crippen molar-refractivity contribution in [2.75, 3.05) is 5.75 Å². The number of benzene rings is 1. The Morgan fingerprint density at radius 3 is 2.60 bits per heavy atom. The van der Waals surface area contributed by atoms with Crippen LogP contribution in [-0.2, 0) is 4.79 Å². The van der Waals surface area contributed by atoms with E-state index in [4.69, 9.17) is 0 Å². The van der Waals surface area contributed by atoms with Gasteiger partial charge in [-0.05, 0) is 18.1 Å². The smallest absolute Gasteiger partial charge is 0.143 e. The van der Waals surface area contributed by atoms with Crippen LogP contribution in [0.4, 0.5) is 0 Å². The Balaban J connectivity index is 2.29. The largest absolute Gasteiger partial charge is 0.299 e. The van der Waals surface area contributed by atoms with Crippen molar-refractivity contribution in [2.45, 2.75) is 31.6 Å². The molecule has 1 unspecified atom stereocenters. The normalized spacial score (nSPS) is 12.4. The first kappa shape index (κ1) is 12.3. The molecule has 1 aromatic rings. The topological polar surface area (TPSA) is 17.1 Å². The summed E-state index contributed by atoms with van der Waals surface area (Å²) >= 11 is 1.63. The molecule has 0 saturated carbocycles. The summed E-state index contributed by atoms with van der Waals surface area (Å²) in [5, 5.41) is 0. The molecule has 1 atom stereocenters. The van der Waals surface area contributed by atoms with E-state index in [1.54, 1.807) is 11.8 Å². The Kier molecular flexibility index (Phi) is 5.48. The van der Waals surface area contributed by atoms with Crippen molar-refractivity contribution in [2.24, 2.45) is 5.92 Å². The molecule has 0 aliphatic heterocycles. The van der Waals surface area contributed by atoms with Crippen LogP contribution in [0.5, 0.6) is 0 Å². The van der Waals surface area contributed by atoms with Gasteiger partial charge in [-0.2, -0.15) is 0 Å². The Morgan fingerprint density at radius 1 is 1.33 bits per heavy atom. The first-order valence-electron chi connectivity index (χ1n) is 5.42. The Labute approximate surface area is 96.3 Å². The van der Waals surface area contributed by atoms with Crippen molar-refractivity contribution >= 4 is 17.5 Å². The number of carbonyl (C=O) groups excluding carboxylic acids is 1. The van der Waals surface area contributed by atoms with Crippen molar-refractivity contribution in [3.8, 4) is 0 Å². The van der Waals surface area contributed by atoms with E-state index >= 15 is 0 Å². The van der Waals surface area contributed by atoms with E-state index in [1.165, 1.54) is 4.90 Å². The minimum Gasteiger partial charge on any atom is -0.299 e. The van der Waals surface area contributed by atoms with Gasteiger partial charge in [0, 0.05) is 11.3 Å². The zero-order valence-electron chi connectivity index (χ0n) is 9.40. The summed E-state index contributed by atoms with van der Waals surface area (Å²) in [6.45, 7) is 4.26.